The molecule has 0 saturated heterocycles. The van der Waals surface area contributed by atoms with Gasteiger partial charge < -0.3 is 41.1 Å². The van der Waals surface area contributed by atoms with Crippen LogP contribution < -0.4 is 14.2 Å². The normalized spacial score (nSPS) is 12.8. The van der Waals surface area contributed by atoms with Gasteiger partial charge in [0.25, 0.3) is 0 Å². The molecule has 0 atom stereocenters. The highest BCUT2D eigenvalue weighted by Gasteiger charge is 2.20. The van der Waals surface area contributed by atoms with Crippen molar-refractivity contribution in [2.24, 2.45) is 0 Å². The minimum Gasteiger partial charge on any atom is -0.493 e. The van der Waals surface area contributed by atoms with Crippen LogP contribution in [0, 0.1) is 0 Å². The second-order valence-corrected chi connectivity index (χ2v) is 34.4. The fourth-order valence-corrected chi connectivity index (χ4v) is 14.3. The Morgan fingerprint density at radius 2 is 0.290 bits per heavy atom. The van der Waals surface area contributed by atoms with Crippen LogP contribution in [0.2, 0.25) is 0 Å². The van der Waals surface area contributed by atoms with Crippen LogP contribution in [0.25, 0.3) is 0 Å². The monoisotopic (exact) mass is 1320 g/mol. The highest BCUT2D eigenvalue weighted by atomic mass is 16.5. The quantitative estimate of drug-likeness (QED) is 0.0481. The highest BCUT2D eigenvalue weighted by molar-refractivity contribution is 5.42. The van der Waals surface area contributed by atoms with Gasteiger partial charge in [0.2, 0.25) is 0 Å². The number of benzene rings is 1. The van der Waals surface area contributed by atoms with Gasteiger partial charge in [0.15, 0.2) is 0 Å². The fourth-order valence-electron chi connectivity index (χ4n) is 14.3. The summed E-state index contributed by atoms with van der Waals surface area (Å²) in [5, 5.41) is 0. The van der Waals surface area contributed by atoms with Gasteiger partial charge in [-0.15, -0.1) is 0 Å². The van der Waals surface area contributed by atoms with E-state index in [9.17, 15) is 0 Å². The van der Waals surface area contributed by atoms with Gasteiger partial charge in [-0.1, -0.05) is 156 Å². The van der Waals surface area contributed by atoms with E-state index in [0.29, 0.717) is 0 Å². The standard InChI is InChI=1S/C84H174N6O3/c1-16-19-22-49-64-85(4,5)70-55-40-43-58-73-88(10,11)67-52-37-31-25-28-34-46-61-76-91-82-79-83(92-77-62-47-35-29-26-32-38-53-68-89(12,13)74-59-44-41-56-71-86(6,7)65-50-23-20-17-2)81-84(80-82)93-78-63-48-36-30-27-33-39-54-69-90(14,15)75-60-45-42-57-72-87(8,9)66-51-24-21-18-3/h79-81H,16-78H2,1-15H3/q+6. The van der Waals surface area contributed by atoms with E-state index in [4.69, 9.17) is 14.2 Å². The fraction of sp³-hybridized carbons (Fsp3) is 0.929. The maximum atomic E-state index is 6.44. The third kappa shape index (κ3) is 59.0. The average Bonchev–Trinajstić information content (AvgIpc) is 2.66. The molecular weight excluding hydrogens is 1140 g/mol. The summed E-state index contributed by atoms with van der Waals surface area (Å²) < 4.78 is 26.5. The number of quaternary nitrogens is 6. The number of unbranched alkanes of at least 4 members (excludes halogenated alkanes) is 39. The molecule has 0 aromatic heterocycles. The maximum Gasteiger partial charge on any atom is 0.126 e. The van der Waals surface area contributed by atoms with Crippen molar-refractivity contribution in [2.45, 2.75) is 329 Å². The summed E-state index contributed by atoms with van der Waals surface area (Å²) in [6, 6.07) is 6.34. The van der Waals surface area contributed by atoms with Crippen LogP contribution in [0.15, 0.2) is 18.2 Å². The second-order valence-electron chi connectivity index (χ2n) is 34.4. The molecule has 552 valence electrons. The van der Waals surface area contributed by atoms with Gasteiger partial charge in [-0.05, 0) is 173 Å². The first-order chi connectivity index (χ1) is 44.5. The van der Waals surface area contributed by atoms with Crippen LogP contribution in [0.3, 0.4) is 0 Å². The Balaban J connectivity index is 2.42. The zero-order valence-electron chi connectivity index (χ0n) is 66.7. The molecule has 1 aromatic carbocycles. The number of ether oxygens (including phenoxy) is 3. The molecule has 9 nitrogen and oxygen atoms in total. The van der Waals surface area contributed by atoms with Gasteiger partial charge in [0, 0.05) is 18.2 Å². The molecule has 0 amide bonds. The molecule has 0 N–H and O–H groups in total. The van der Waals surface area contributed by atoms with Gasteiger partial charge in [-0.25, -0.2) is 0 Å². The zero-order valence-corrected chi connectivity index (χ0v) is 66.7. The molecule has 0 heterocycles. The van der Waals surface area contributed by atoms with Crippen LogP contribution in [0.4, 0.5) is 0 Å². The van der Waals surface area contributed by atoms with Crippen LogP contribution >= 0.6 is 0 Å². The van der Waals surface area contributed by atoms with E-state index in [2.05, 4.69) is 124 Å². The van der Waals surface area contributed by atoms with Gasteiger partial charge >= 0.3 is 0 Å². The lowest BCUT2D eigenvalue weighted by Crippen LogP contribution is -2.41. The second kappa shape index (κ2) is 57.2. The van der Waals surface area contributed by atoms with Crippen molar-refractivity contribution in [3.8, 4) is 17.2 Å². The SMILES string of the molecule is CCCCCC[N+](C)(C)CCCCCC[N+](C)(C)CCCCCCCCCCOc1cc(OCCCCCCCCCC[N+](C)(C)CCCCCC[N+](C)(C)CCCCCC)cc(OCCCCCCCCCC[N+](C)(C)CCCCCC[N+](C)(C)CCCCCC)c1. The summed E-state index contributed by atoms with van der Waals surface area (Å²) in [7, 11) is 29.4. The van der Waals surface area contributed by atoms with Crippen molar-refractivity contribution in [1.29, 1.82) is 0 Å². The molecule has 0 saturated carbocycles. The highest BCUT2D eigenvalue weighted by Crippen LogP contribution is 2.29. The molecule has 0 spiro atoms. The van der Waals surface area contributed by atoms with Crippen LogP contribution in [-0.2, 0) is 0 Å². The Morgan fingerprint density at radius 1 is 0.172 bits per heavy atom. The molecule has 9 heteroatoms. The van der Waals surface area contributed by atoms with Crippen LogP contribution in [-0.4, -0.2) is 210 Å². The molecule has 1 aromatic rings. The lowest BCUT2D eigenvalue weighted by atomic mass is 10.1. The van der Waals surface area contributed by atoms with Crippen molar-refractivity contribution in [1.82, 2.24) is 0 Å². The predicted octanol–water partition coefficient (Wildman–Crippen LogP) is 22.1. The summed E-state index contributed by atoms with van der Waals surface area (Å²) in [6.45, 7) is 25.3. The van der Waals surface area contributed by atoms with E-state index in [-0.39, 0.29) is 0 Å². The first-order valence-corrected chi connectivity index (χ1v) is 41.5. The maximum absolute atomic E-state index is 6.44. The molecule has 93 heavy (non-hydrogen) atoms. The summed E-state index contributed by atoms with van der Waals surface area (Å²) in [4.78, 5) is 0. The summed E-state index contributed by atoms with van der Waals surface area (Å²) in [6.07, 6.45) is 64.8. The molecule has 0 aliphatic rings. The Hall–Kier alpha value is -1.62. The molecule has 0 radical (unpaired) electrons. The van der Waals surface area contributed by atoms with Crippen LogP contribution in [0.5, 0.6) is 17.2 Å². The van der Waals surface area contributed by atoms with Gasteiger partial charge in [0.05, 0.1) is 183 Å². The van der Waals surface area contributed by atoms with E-state index in [1.165, 1.54) is 394 Å². The molecule has 0 aliphatic heterocycles. The largest absolute Gasteiger partial charge is 0.493 e. The van der Waals surface area contributed by atoms with Crippen molar-refractivity contribution >= 4 is 0 Å². The third-order valence-corrected chi connectivity index (χ3v) is 21.3. The third-order valence-electron chi connectivity index (χ3n) is 21.3. The Bertz CT molecular complexity index is 1570. The zero-order chi connectivity index (χ0) is 68.5. The summed E-state index contributed by atoms with van der Waals surface area (Å²) in [5.41, 5.74) is 0. The number of hydrogen-bond acceptors (Lipinski definition) is 3. The number of nitrogens with zero attached hydrogens (tertiary/aromatic N) is 6. The molecular formula is C84H174N6O3+6. The minimum absolute atomic E-state index is 0.760. The van der Waals surface area contributed by atoms with E-state index in [0.717, 1.165) is 56.3 Å². The first-order valence-electron chi connectivity index (χ1n) is 41.5. The minimum atomic E-state index is 0.760. The Labute approximate surface area is 585 Å². The topological polar surface area (TPSA) is 27.7 Å². The number of rotatable bonds is 72. The van der Waals surface area contributed by atoms with E-state index in [1.54, 1.807) is 0 Å². The summed E-state index contributed by atoms with van der Waals surface area (Å²) in [5.74, 6) is 2.70. The molecule has 0 aliphatic carbocycles. The smallest absolute Gasteiger partial charge is 0.126 e. The van der Waals surface area contributed by atoms with Gasteiger partial charge in [-0.3, -0.25) is 0 Å². The Kier molecular flexibility index (Phi) is 55.0. The van der Waals surface area contributed by atoms with Crippen molar-refractivity contribution in [3.63, 3.8) is 0 Å². The van der Waals surface area contributed by atoms with E-state index >= 15 is 0 Å². The lowest BCUT2D eigenvalue weighted by molar-refractivity contribution is -0.891. The number of hydrogen-bond donors (Lipinski definition) is 0. The molecule has 0 unspecified atom stereocenters. The van der Waals surface area contributed by atoms with Gasteiger partial charge in [0.1, 0.15) is 17.2 Å². The van der Waals surface area contributed by atoms with Crippen molar-refractivity contribution in [2.75, 3.05) is 183 Å². The van der Waals surface area contributed by atoms with E-state index < -0.39 is 0 Å². The first kappa shape index (κ1) is 89.4. The van der Waals surface area contributed by atoms with Gasteiger partial charge in [-0.2, -0.15) is 0 Å². The molecule has 0 fully saturated rings. The molecule has 1 rings (SSSR count). The Morgan fingerprint density at radius 3 is 0.430 bits per heavy atom. The average molecular weight is 1320 g/mol. The predicted molar refractivity (Wildman–Crippen MR) is 413 cm³/mol. The van der Waals surface area contributed by atoms with Crippen molar-refractivity contribution in [3.05, 3.63) is 18.2 Å². The molecule has 0 bridgehead atoms. The van der Waals surface area contributed by atoms with Crippen molar-refractivity contribution < 1.29 is 41.1 Å². The van der Waals surface area contributed by atoms with Crippen LogP contribution in [0.1, 0.15) is 329 Å². The van der Waals surface area contributed by atoms with E-state index in [1.807, 2.05) is 0 Å². The lowest BCUT2D eigenvalue weighted by Gasteiger charge is -2.31. The summed E-state index contributed by atoms with van der Waals surface area (Å²) >= 11 is 0.